The standard InChI is InChI=1S/C21H25N5O3S2/c1-4-25-20(16-5-8-22-9-6-16)23-24-21(25)30-12-19(27)18-11-14(2)26(15(18)3)17-7-10-31(28,29)13-17/h5-6,8-9,11,17H,4,7,10,12-13H2,1-3H3. The van der Waals surface area contributed by atoms with Crippen molar-refractivity contribution in [2.45, 2.75) is 44.9 Å². The zero-order valence-electron chi connectivity index (χ0n) is 17.8. The molecule has 4 heterocycles. The third kappa shape index (κ3) is 4.31. The van der Waals surface area contributed by atoms with Crippen molar-refractivity contribution in [3.05, 3.63) is 47.5 Å². The minimum atomic E-state index is -2.99. The minimum Gasteiger partial charge on any atom is -0.344 e. The van der Waals surface area contributed by atoms with Crippen molar-refractivity contribution >= 4 is 27.4 Å². The summed E-state index contributed by atoms with van der Waals surface area (Å²) in [5, 5.41) is 9.28. The van der Waals surface area contributed by atoms with E-state index in [1.807, 2.05) is 48.1 Å². The molecule has 10 heteroatoms. The Hall–Kier alpha value is -2.46. The molecule has 0 aromatic carbocycles. The Bertz CT molecular complexity index is 1220. The molecule has 0 bridgehead atoms. The van der Waals surface area contributed by atoms with Crippen LogP contribution in [0.25, 0.3) is 11.4 Å². The summed E-state index contributed by atoms with van der Waals surface area (Å²) in [6.07, 6.45) is 4.02. The number of Topliss-reactive ketones (excluding diaryl/α,β-unsaturated/α-hetero) is 1. The molecule has 0 aliphatic carbocycles. The fourth-order valence-corrected chi connectivity index (χ4v) is 6.79. The van der Waals surface area contributed by atoms with Crippen molar-refractivity contribution in [2.75, 3.05) is 17.3 Å². The van der Waals surface area contributed by atoms with E-state index < -0.39 is 9.84 Å². The molecule has 1 fully saturated rings. The first-order valence-electron chi connectivity index (χ1n) is 10.2. The molecule has 0 saturated carbocycles. The van der Waals surface area contributed by atoms with Crippen molar-refractivity contribution in [1.82, 2.24) is 24.3 Å². The lowest BCUT2D eigenvalue weighted by Gasteiger charge is -2.16. The lowest BCUT2D eigenvalue weighted by molar-refractivity contribution is 0.102. The summed E-state index contributed by atoms with van der Waals surface area (Å²) in [6.45, 7) is 6.53. The van der Waals surface area contributed by atoms with Gasteiger partial charge in [0.15, 0.2) is 26.6 Å². The zero-order valence-corrected chi connectivity index (χ0v) is 19.4. The summed E-state index contributed by atoms with van der Waals surface area (Å²) in [6, 6.07) is 5.54. The quantitative estimate of drug-likeness (QED) is 0.395. The van der Waals surface area contributed by atoms with Gasteiger partial charge < -0.3 is 9.13 Å². The van der Waals surface area contributed by atoms with Crippen LogP contribution in [0.3, 0.4) is 0 Å². The van der Waals surface area contributed by atoms with Crippen LogP contribution in [0.4, 0.5) is 0 Å². The smallest absolute Gasteiger partial charge is 0.191 e. The van der Waals surface area contributed by atoms with E-state index in [0.29, 0.717) is 23.7 Å². The van der Waals surface area contributed by atoms with Crippen LogP contribution in [0.15, 0.2) is 35.7 Å². The maximum absolute atomic E-state index is 13.0. The molecular weight excluding hydrogens is 434 g/mol. The van der Waals surface area contributed by atoms with Gasteiger partial charge in [0.05, 0.1) is 17.3 Å². The van der Waals surface area contributed by atoms with Gasteiger partial charge in [-0.05, 0) is 45.4 Å². The second-order valence-electron chi connectivity index (χ2n) is 7.71. The zero-order chi connectivity index (χ0) is 22.2. The first-order chi connectivity index (χ1) is 14.8. The Labute approximate surface area is 186 Å². The number of rotatable bonds is 7. The molecule has 0 radical (unpaired) electrons. The third-order valence-corrected chi connectivity index (χ3v) is 8.38. The van der Waals surface area contributed by atoms with Crippen LogP contribution in [0.5, 0.6) is 0 Å². The molecule has 4 rings (SSSR count). The van der Waals surface area contributed by atoms with Crippen molar-refractivity contribution in [3.63, 3.8) is 0 Å². The highest BCUT2D eigenvalue weighted by Crippen LogP contribution is 2.30. The van der Waals surface area contributed by atoms with Crippen molar-refractivity contribution < 1.29 is 13.2 Å². The average molecular weight is 460 g/mol. The van der Waals surface area contributed by atoms with Crippen LogP contribution in [0.1, 0.15) is 41.1 Å². The topological polar surface area (TPSA) is 99.7 Å². The van der Waals surface area contributed by atoms with Crippen molar-refractivity contribution in [2.24, 2.45) is 0 Å². The predicted octanol–water partition coefficient (Wildman–Crippen LogP) is 3.11. The van der Waals surface area contributed by atoms with E-state index in [1.54, 1.807) is 12.4 Å². The molecule has 0 spiro atoms. The van der Waals surface area contributed by atoms with Gasteiger partial charge in [-0.25, -0.2) is 8.42 Å². The number of sulfone groups is 1. The van der Waals surface area contributed by atoms with Crippen molar-refractivity contribution in [3.8, 4) is 11.4 Å². The maximum atomic E-state index is 13.0. The molecule has 1 unspecified atom stereocenters. The van der Waals surface area contributed by atoms with Gasteiger partial charge in [-0.2, -0.15) is 0 Å². The fourth-order valence-electron chi connectivity index (χ4n) is 4.20. The van der Waals surface area contributed by atoms with Crippen LogP contribution in [-0.4, -0.2) is 55.8 Å². The molecule has 1 aliphatic rings. The second kappa shape index (κ2) is 8.58. The van der Waals surface area contributed by atoms with E-state index in [0.717, 1.165) is 22.8 Å². The monoisotopic (exact) mass is 459 g/mol. The van der Waals surface area contributed by atoms with Gasteiger partial charge in [-0.1, -0.05) is 11.8 Å². The van der Waals surface area contributed by atoms with Crippen LogP contribution < -0.4 is 0 Å². The summed E-state index contributed by atoms with van der Waals surface area (Å²) >= 11 is 1.36. The molecule has 0 N–H and O–H groups in total. The van der Waals surface area contributed by atoms with Gasteiger partial charge in [0.25, 0.3) is 0 Å². The van der Waals surface area contributed by atoms with Gasteiger partial charge in [-0.3, -0.25) is 9.78 Å². The summed E-state index contributed by atoms with van der Waals surface area (Å²) in [4.78, 5) is 17.0. The molecular formula is C21H25N5O3S2. The molecule has 3 aromatic rings. The second-order valence-corrected chi connectivity index (χ2v) is 10.9. The summed E-state index contributed by atoms with van der Waals surface area (Å²) in [7, 11) is -2.99. The normalized spacial score (nSPS) is 17.8. The molecule has 164 valence electrons. The summed E-state index contributed by atoms with van der Waals surface area (Å²) in [5.41, 5.74) is 3.33. The Morgan fingerprint density at radius 2 is 1.97 bits per heavy atom. The molecule has 1 atom stereocenters. The maximum Gasteiger partial charge on any atom is 0.191 e. The number of hydrogen-bond donors (Lipinski definition) is 0. The van der Waals surface area contributed by atoms with Gasteiger partial charge in [0, 0.05) is 47.5 Å². The number of aryl methyl sites for hydroxylation is 1. The lowest BCUT2D eigenvalue weighted by atomic mass is 10.2. The van der Waals surface area contributed by atoms with Gasteiger partial charge in [-0.15, -0.1) is 10.2 Å². The Kier molecular flexibility index (Phi) is 6.02. The highest BCUT2D eigenvalue weighted by Gasteiger charge is 2.31. The van der Waals surface area contributed by atoms with Gasteiger partial charge >= 0.3 is 0 Å². The number of carbonyl (C=O) groups excluding carboxylic acids is 1. The number of pyridine rings is 1. The highest BCUT2D eigenvalue weighted by molar-refractivity contribution is 7.99. The minimum absolute atomic E-state index is 0.00122. The van der Waals surface area contributed by atoms with Crippen molar-refractivity contribution in [1.29, 1.82) is 0 Å². The van der Waals surface area contributed by atoms with Crippen LogP contribution in [-0.2, 0) is 16.4 Å². The predicted molar refractivity (Wildman–Crippen MR) is 120 cm³/mol. The largest absolute Gasteiger partial charge is 0.344 e. The first kappa shape index (κ1) is 21.8. The van der Waals surface area contributed by atoms with E-state index in [9.17, 15) is 13.2 Å². The Morgan fingerprint density at radius 1 is 1.23 bits per heavy atom. The Morgan fingerprint density at radius 3 is 2.61 bits per heavy atom. The number of carbonyl (C=O) groups is 1. The Balaban J connectivity index is 1.51. The SMILES string of the molecule is CCn1c(SCC(=O)c2cc(C)n(C3CCS(=O)(=O)C3)c2C)nnc1-c1ccncc1. The highest BCUT2D eigenvalue weighted by atomic mass is 32.2. The molecule has 0 amide bonds. The summed E-state index contributed by atoms with van der Waals surface area (Å²) < 4.78 is 27.8. The number of aromatic nitrogens is 5. The van der Waals surface area contributed by atoms with E-state index in [1.165, 1.54) is 11.8 Å². The number of nitrogens with zero attached hydrogens (tertiary/aromatic N) is 5. The van der Waals surface area contributed by atoms with E-state index in [-0.39, 0.29) is 29.1 Å². The van der Waals surface area contributed by atoms with Gasteiger partial charge in [0.2, 0.25) is 0 Å². The van der Waals surface area contributed by atoms with E-state index >= 15 is 0 Å². The molecule has 1 aliphatic heterocycles. The van der Waals surface area contributed by atoms with E-state index in [2.05, 4.69) is 15.2 Å². The molecule has 31 heavy (non-hydrogen) atoms. The molecule has 8 nitrogen and oxygen atoms in total. The van der Waals surface area contributed by atoms with Crippen LogP contribution >= 0.6 is 11.8 Å². The number of thioether (sulfide) groups is 1. The first-order valence-corrected chi connectivity index (χ1v) is 13.0. The van der Waals surface area contributed by atoms with Crippen LogP contribution in [0, 0.1) is 13.8 Å². The number of ketones is 1. The van der Waals surface area contributed by atoms with Gasteiger partial charge in [0.1, 0.15) is 0 Å². The number of hydrogen-bond acceptors (Lipinski definition) is 7. The summed E-state index contributed by atoms with van der Waals surface area (Å²) in [5.74, 6) is 1.34. The van der Waals surface area contributed by atoms with Crippen LogP contribution in [0.2, 0.25) is 0 Å². The van der Waals surface area contributed by atoms with E-state index in [4.69, 9.17) is 0 Å². The average Bonchev–Trinajstić information content (AvgIpc) is 3.41. The lowest BCUT2D eigenvalue weighted by Crippen LogP contribution is -2.14. The fraction of sp³-hybridized carbons (Fsp3) is 0.429. The molecule has 3 aromatic heterocycles. The molecule has 1 saturated heterocycles. The third-order valence-electron chi connectivity index (χ3n) is 5.66.